The maximum atomic E-state index is 11.9. The molecule has 0 atom stereocenters. The van der Waals surface area contributed by atoms with Gasteiger partial charge in [-0.2, -0.15) is 0 Å². The number of esters is 1. The Bertz CT molecular complexity index is 486. The molecule has 5 heteroatoms. The molecule has 0 fully saturated rings. The molecule has 0 aliphatic carbocycles. The number of nitrogens with one attached hydrogen (secondary N) is 2. The Kier molecular flexibility index (Phi) is 4.52. The van der Waals surface area contributed by atoms with Crippen molar-refractivity contribution in [2.24, 2.45) is 0 Å². The summed E-state index contributed by atoms with van der Waals surface area (Å²) in [5, 5.41) is 6.01. The fraction of sp³-hybridized carbons (Fsp3) is 0.429. The van der Waals surface area contributed by atoms with Crippen LogP contribution in [0.1, 0.15) is 27.9 Å². The molecule has 0 spiro atoms. The standard InChI is InChI=1S/C14H18N2O3/c1-19-13(17)5-7-16-14(18)11-2-3-12-9-15-6-4-10(12)8-11/h2-3,8,15H,4-7,9H2,1H3,(H,16,18). The summed E-state index contributed by atoms with van der Waals surface area (Å²) in [4.78, 5) is 22.9. The van der Waals surface area contributed by atoms with E-state index in [0.29, 0.717) is 12.1 Å². The first-order valence-corrected chi connectivity index (χ1v) is 6.38. The second-order valence-corrected chi connectivity index (χ2v) is 4.49. The average molecular weight is 262 g/mol. The van der Waals surface area contributed by atoms with Gasteiger partial charge in [-0.3, -0.25) is 9.59 Å². The lowest BCUT2D eigenvalue weighted by molar-refractivity contribution is -0.140. The fourth-order valence-corrected chi connectivity index (χ4v) is 2.10. The molecule has 0 saturated heterocycles. The van der Waals surface area contributed by atoms with Gasteiger partial charge >= 0.3 is 5.97 Å². The summed E-state index contributed by atoms with van der Waals surface area (Å²) in [5.41, 5.74) is 3.11. The van der Waals surface area contributed by atoms with Crippen molar-refractivity contribution in [1.82, 2.24) is 10.6 Å². The summed E-state index contributed by atoms with van der Waals surface area (Å²) >= 11 is 0. The Labute approximate surface area is 112 Å². The quantitative estimate of drug-likeness (QED) is 0.781. The third-order valence-corrected chi connectivity index (χ3v) is 3.20. The normalized spacial score (nSPS) is 13.5. The van der Waals surface area contributed by atoms with Crippen LogP contribution >= 0.6 is 0 Å². The van der Waals surface area contributed by atoms with Crippen molar-refractivity contribution in [1.29, 1.82) is 0 Å². The van der Waals surface area contributed by atoms with Crippen molar-refractivity contribution in [3.63, 3.8) is 0 Å². The number of carbonyl (C=O) groups is 2. The van der Waals surface area contributed by atoms with Crippen molar-refractivity contribution in [2.45, 2.75) is 19.4 Å². The first-order chi connectivity index (χ1) is 9.20. The van der Waals surface area contributed by atoms with E-state index in [9.17, 15) is 9.59 Å². The highest BCUT2D eigenvalue weighted by molar-refractivity contribution is 5.94. The second-order valence-electron chi connectivity index (χ2n) is 4.49. The Balaban J connectivity index is 1.94. The van der Waals surface area contributed by atoms with Gasteiger partial charge in [0.15, 0.2) is 0 Å². The van der Waals surface area contributed by atoms with Crippen molar-refractivity contribution >= 4 is 11.9 Å². The Morgan fingerprint density at radius 1 is 1.37 bits per heavy atom. The largest absolute Gasteiger partial charge is 0.469 e. The van der Waals surface area contributed by atoms with Crippen molar-refractivity contribution in [3.8, 4) is 0 Å². The van der Waals surface area contributed by atoms with Crippen molar-refractivity contribution < 1.29 is 14.3 Å². The summed E-state index contributed by atoms with van der Waals surface area (Å²) in [5.74, 6) is -0.470. The van der Waals surface area contributed by atoms with Gasteiger partial charge in [-0.05, 0) is 36.2 Å². The van der Waals surface area contributed by atoms with Gasteiger partial charge in [0.2, 0.25) is 0 Å². The Morgan fingerprint density at radius 2 is 2.21 bits per heavy atom. The van der Waals surface area contributed by atoms with Crippen LogP contribution in [0, 0.1) is 0 Å². The van der Waals surface area contributed by atoms with E-state index in [4.69, 9.17) is 0 Å². The molecule has 1 aromatic carbocycles. The number of hydrogen-bond acceptors (Lipinski definition) is 4. The van der Waals surface area contributed by atoms with Gasteiger partial charge in [0.05, 0.1) is 13.5 Å². The second kappa shape index (κ2) is 6.33. The predicted molar refractivity (Wildman–Crippen MR) is 70.8 cm³/mol. The highest BCUT2D eigenvalue weighted by Crippen LogP contribution is 2.15. The maximum absolute atomic E-state index is 11.9. The number of amides is 1. The minimum absolute atomic E-state index is 0.148. The lowest BCUT2D eigenvalue weighted by Gasteiger charge is -2.17. The molecule has 1 aliphatic heterocycles. The van der Waals surface area contributed by atoms with Gasteiger partial charge in [-0.1, -0.05) is 6.07 Å². The topological polar surface area (TPSA) is 67.4 Å². The predicted octanol–water partition coefficient (Wildman–Crippen LogP) is 0.625. The van der Waals surface area contributed by atoms with Crippen LogP contribution in [-0.2, 0) is 22.5 Å². The Morgan fingerprint density at radius 3 is 3.00 bits per heavy atom. The average Bonchev–Trinajstić information content (AvgIpc) is 2.46. The number of hydrogen-bond donors (Lipinski definition) is 2. The monoisotopic (exact) mass is 262 g/mol. The molecule has 2 N–H and O–H groups in total. The van der Waals surface area contributed by atoms with E-state index in [1.165, 1.54) is 18.2 Å². The SMILES string of the molecule is COC(=O)CCNC(=O)c1ccc2c(c1)CCNC2. The van der Waals surface area contributed by atoms with Gasteiger partial charge in [0, 0.05) is 18.7 Å². The first-order valence-electron chi connectivity index (χ1n) is 6.38. The molecule has 1 amide bonds. The van der Waals surface area contributed by atoms with Gasteiger partial charge < -0.3 is 15.4 Å². The van der Waals surface area contributed by atoms with E-state index in [0.717, 1.165) is 19.5 Å². The molecule has 1 aromatic rings. The molecule has 5 nitrogen and oxygen atoms in total. The zero-order chi connectivity index (χ0) is 13.7. The minimum atomic E-state index is -0.322. The molecule has 0 saturated carbocycles. The molecule has 2 rings (SSSR count). The molecule has 102 valence electrons. The maximum Gasteiger partial charge on any atom is 0.307 e. The van der Waals surface area contributed by atoms with E-state index in [-0.39, 0.29) is 18.3 Å². The lowest BCUT2D eigenvalue weighted by Crippen LogP contribution is -2.28. The van der Waals surface area contributed by atoms with Gasteiger partial charge in [-0.15, -0.1) is 0 Å². The van der Waals surface area contributed by atoms with Crippen LogP contribution in [0.2, 0.25) is 0 Å². The summed E-state index contributed by atoms with van der Waals surface area (Å²) < 4.78 is 4.51. The van der Waals surface area contributed by atoms with Crippen LogP contribution in [0.15, 0.2) is 18.2 Å². The number of methoxy groups -OCH3 is 1. The lowest BCUT2D eigenvalue weighted by atomic mass is 9.98. The van der Waals surface area contributed by atoms with Crippen LogP contribution in [0.3, 0.4) is 0 Å². The first kappa shape index (κ1) is 13.5. The summed E-state index contributed by atoms with van der Waals surface area (Å²) in [7, 11) is 1.33. The number of rotatable bonds is 4. The van der Waals surface area contributed by atoms with Crippen LogP contribution < -0.4 is 10.6 Å². The van der Waals surface area contributed by atoms with E-state index in [2.05, 4.69) is 15.4 Å². The van der Waals surface area contributed by atoms with Crippen LogP contribution in [-0.4, -0.2) is 32.1 Å². The third kappa shape index (κ3) is 3.54. The molecule has 0 radical (unpaired) electrons. The third-order valence-electron chi connectivity index (χ3n) is 3.20. The summed E-state index contributed by atoms with van der Waals surface area (Å²) in [6, 6.07) is 5.74. The fourth-order valence-electron chi connectivity index (χ4n) is 2.10. The molecular weight excluding hydrogens is 244 g/mol. The highest BCUT2D eigenvalue weighted by atomic mass is 16.5. The molecule has 0 unspecified atom stereocenters. The number of benzene rings is 1. The zero-order valence-corrected chi connectivity index (χ0v) is 11.0. The van der Waals surface area contributed by atoms with Gasteiger partial charge in [-0.25, -0.2) is 0 Å². The minimum Gasteiger partial charge on any atom is -0.469 e. The van der Waals surface area contributed by atoms with Crippen LogP contribution in [0.5, 0.6) is 0 Å². The van der Waals surface area contributed by atoms with E-state index in [1.807, 2.05) is 18.2 Å². The molecule has 0 bridgehead atoms. The Hall–Kier alpha value is -1.88. The van der Waals surface area contributed by atoms with Gasteiger partial charge in [0.1, 0.15) is 0 Å². The molecule has 0 aromatic heterocycles. The van der Waals surface area contributed by atoms with E-state index < -0.39 is 0 Å². The molecule has 1 heterocycles. The molecular formula is C14H18N2O3. The molecule has 19 heavy (non-hydrogen) atoms. The highest BCUT2D eigenvalue weighted by Gasteiger charge is 2.12. The number of fused-ring (bicyclic) bond motifs is 1. The van der Waals surface area contributed by atoms with Crippen molar-refractivity contribution in [2.75, 3.05) is 20.2 Å². The number of carbonyl (C=O) groups excluding carboxylic acids is 2. The summed E-state index contributed by atoms with van der Waals surface area (Å²) in [6.07, 6.45) is 1.13. The van der Waals surface area contributed by atoms with E-state index >= 15 is 0 Å². The summed E-state index contributed by atoms with van der Waals surface area (Å²) in [6.45, 7) is 2.10. The van der Waals surface area contributed by atoms with Crippen LogP contribution in [0.25, 0.3) is 0 Å². The van der Waals surface area contributed by atoms with Gasteiger partial charge in [0.25, 0.3) is 5.91 Å². The van der Waals surface area contributed by atoms with Crippen molar-refractivity contribution in [3.05, 3.63) is 34.9 Å². The number of ether oxygens (including phenoxy) is 1. The van der Waals surface area contributed by atoms with E-state index in [1.54, 1.807) is 0 Å². The zero-order valence-electron chi connectivity index (χ0n) is 11.0. The van der Waals surface area contributed by atoms with Crippen LogP contribution in [0.4, 0.5) is 0 Å². The smallest absolute Gasteiger partial charge is 0.307 e. The molecule has 1 aliphatic rings.